The quantitative estimate of drug-likeness (QED) is 0.432. The van der Waals surface area contributed by atoms with Gasteiger partial charge in [0.15, 0.2) is 5.75 Å². The van der Waals surface area contributed by atoms with E-state index in [0.29, 0.717) is 50.1 Å². The van der Waals surface area contributed by atoms with E-state index in [1.807, 2.05) is 6.07 Å². The summed E-state index contributed by atoms with van der Waals surface area (Å²) in [5.41, 5.74) is 0.0896. The minimum absolute atomic E-state index is 0.0709. The maximum Gasteiger partial charge on any atom is 0.272 e. The summed E-state index contributed by atoms with van der Waals surface area (Å²) >= 11 is 0. The SMILES string of the molecule is C/C=C/F.COc1nc(C(=O)N2CCC3(c4cccc(F)c4)OCO[C@@H]3C2)ccc1OCC1CC2C(C1)C2(F)F. The van der Waals surface area contributed by atoms with Gasteiger partial charge in [-0.3, -0.25) is 4.79 Å². The Morgan fingerprint density at radius 3 is 2.65 bits per heavy atom. The van der Waals surface area contributed by atoms with Gasteiger partial charge in [-0.15, -0.1) is 0 Å². The first-order valence-electron chi connectivity index (χ1n) is 13.3. The van der Waals surface area contributed by atoms with Gasteiger partial charge in [-0.05, 0) is 55.5 Å². The highest BCUT2D eigenvalue weighted by molar-refractivity contribution is 5.92. The van der Waals surface area contributed by atoms with E-state index in [2.05, 4.69) is 4.98 Å². The van der Waals surface area contributed by atoms with Gasteiger partial charge in [-0.2, -0.15) is 0 Å². The van der Waals surface area contributed by atoms with E-state index in [0.717, 1.165) is 0 Å². The molecule has 40 heavy (non-hydrogen) atoms. The Kier molecular flexibility index (Phi) is 8.05. The fourth-order valence-electron chi connectivity index (χ4n) is 6.05. The lowest BCUT2D eigenvalue weighted by molar-refractivity contribution is -0.0441. The van der Waals surface area contributed by atoms with E-state index in [-0.39, 0.29) is 42.6 Å². The topological polar surface area (TPSA) is 70.1 Å². The number of rotatable bonds is 6. The highest BCUT2D eigenvalue weighted by atomic mass is 19.3. The van der Waals surface area contributed by atoms with Crippen LogP contribution in [0.4, 0.5) is 17.6 Å². The van der Waals surface area contributed by atoms with E-state index in [4.69, 9.17) is 18.9 Å². The van der Waals surface area contributed by atoms with Gasteiger partial charge in [0.25, 0.3) is 17.7 Å². The third-order valence-electron chi connectivity index (χ3n) is 8.22. The van der Waals surface area contributed by atoms with Gasteiger partial charge in [0, 0.05) is 24.8 Å². The number of likely N-dealkylation sites (tertiary alicyclic amines) is 1. The maximum absolute atomic E-state index is 13.9. The molecule has 2 aliphatic carbocycles. The van der Waals surface area contributed by atoms with Crippen LogP contribution >= 0.6 is 0 Å². The van der Waals surface area contributed by atoms with Gasteiger partial charge in [0.05, 0.1) is 26.6 Å². The molecular formula is C29H32F4N2O5. The number of carbonyl (C=O) groups is 1. The van der Waals surface area contributed by atoms with Gasteiger partial charge in [-0.25, -0.2) is 22.5 Å². The third kappa shape index (κ3) is 5.28. The first-order valence-corrected chi connectivity index (χ1v) is 13.3. The summed E-state index contributed by atoms with van der Waals surface area (Å²) in [6.45, 7) is 2.65. The Bertz CT molecular complexity index is 1240. The van der Waals surface area contributed by atoms with Crippen molar-refractivity contribution in [2.75, 3.05) is 33.6 Å². The van der Waals surface area contributed by atoms with Crippen molar-refractivity contribution in [1.29, 1.82) is 0 Å². The predicted molar refractivity (Wildman–Crippen MR) is 136 cm³/mol. The van der Waals surface area contributed by atoms with Crippen LogP contribution in [0.3, 0.4) is 0 Å². The maximum atomic E-state index is 13.9. The number of hydrogen-bond donors (Lipinski definition) is 0. The fraction of sp³-hybridized carbons (Fsp3) is 0.517. The number of aromatic nitrogens is 1. The minimum Gasteiger partial charge on any atom is -0.488 e. The van der Waals surface area contributed by atoms with Crippen LogP contribution in [0.25, 0.3) is 0 Å². The molecule has 216 valence electrons. The summed E-state index contributed by atoms with van der Waals surface area (Å²) in [7, 11) is 1.44. The molecule has 0 radical (unpaired) electrons. The van der Waals surface area contributed by atoms with E-state index >= 15 is 0 Å². The number of allylic oxidation sites excluding steroid dienone is 1. The number of benzene rings is 1. The van der Waals surface area contributed by atoms with Gasteiger partial charge in [0.1, 0.15) is 30.0 Å². The molecule has 2 saturated carbocycles. The van der Waals surface area contributed by atoms with E-state index in [1.54, 1.807) is 30.0 Å². The molecule has 1 aromatic carbocycles. The second-order valence-electron chi connectivity index (χ2n) is 10.5. The predicted octanol–water partition coefficient (Wildman–Crippen LogP) is 5.50. The molecule has 6 rings (SSSR count). The van der Waals surface area contributed by atoms with Crippen molar-refractivity contribution in [1.82, 2.24) is 9.88 Å². The first-order chi connectivity index (χ1) is 19.2. The van der Waals surface area contributed by atoms with Crippen molar-refractivity contribution < 1.29 is 41.3 Å². The Morgan fingerprint density at radius 2 is 1.98 bits per heavy atom. The normalized spacial score (nSPS) is 29.8. The van der Waals surface area contributed by atoms with Crippen LogP contribution in [0, 0.1) is 23.6 Å². The largest absolute Gasteiger partial charge is 0.488 e. The molecule has 0 bridgehead atoms. The zero-order chi connectivity index (χ0) is 28.5. The fourth-order valence-corrected chi connectivity index (χ4v) is 6.05. The number of methoxy groups -OCH3 is 1. The molecule has 2 aromatic rings. The van der Waals surface area contributed by atoms with Crippen molar-refractivity contribution in [2.45, 2.75) is 43.8 Å². The number of hydrogen-bond acceptors (Lipinski definition) is 6. The average Bonchev–Trinajstić information content (AvgIpc) is 3.38. The average molecular weight is 565 g/mol. The lowest BCUT2D eigenvalue weighted by Gasteiger charge is -2.41. The molecule has 7 nitrogen and oxygen atoms in total. The van der Waals surface area contributed by atoms with Crippen molar-refractivity contribution in [3.05, 3.63) is 65.9 Å². The molecule has 1 aromatic heterocycles. The highest BCUT2D eigenvalue weighted by Gasteiger charge is 2.71. The molecule has 4 aliphatic rings. The van der Waals surface area contributed by atoms with Crippen LogP contribution in [0.15, 0.2) is 48.8 Å². The van der Waals surface area contributed by atoms with Gasteiger partial charge < -0.3 is 23.8 Å². The number of carbonyl (C=O) groups excluding carboxylic acids is 1. The van der Waals surface area contributed by atoms with Gasteiger partial charge >= 0.3 is 0 Å². The van der Waals surface area contributed by atoms with E-state index in [9.17, 15) is 22.4 Å². The smallest absolute Gasteiger partial charge is 0.272 e. The summed E-state index contributed by atoms with van der Waals surface area (Å²) in [5.74, 6) is -3.55. The number of amides is 1. The van der Waals surface area contributed by atoms with E-state index < -0.39 is 29.5 Å². The highest BCUT2D eigenvalue weighted by Crippen LogP contribution is 2.65. The summed E-state index contributed by atoms with van der Waals surface area (Å²) in [5, 5.41) is 0. The molecule has 4 atom stereocenters. The van der Waals surface area contributed by atoms with Crippen LogP contribution in [-0.2, 0) is 15.1 Å². The molecule has 11 heteroatoms. The zero-order valence-corrected chi connectivity index (χ0v) is 22.3. The van der Waals surface area contributed by atoms with Crippen molar-refractivity contribution in [3.63, 3.8) is 0 Å². The van der Waals surface area contributed by atoms with Crippen LogP contribution in [0.2, 0.25) is 0 Å². The summed E-state index contributed by atoms with van der Waals surface area (Å²) < 4.78 is 74.2. The standard InChI is InChI=1S/C26H27F3N2O5.C3H5F/c1-33-23-21(34-13-15-9-18-19(10-15)26(18,28)29)6-5-20(30-23)24(32)31-8-7-25(22(12-31)35-14-36-25)16-3-2-4-17(27)11-16;1-2-3-4/h2-6,11,15,18-19,22H,7-10,12-14H2,1H3;2-3H,1H3/b;3-2+/t15?,18?,19?,22-,25?;/m1./s1. The zero-order valence-electron chi connectivity index (χ0n) is 22.3. The molecule has 0 N–H and O–H groups in total. The number of ether oxygens (including phenoxy) is 4. The van der Waals surface area contributed by atoms with Gasteiger partial charge in [0.2, 0.25) is 0 Å². The molecule has 0 spiro atoms. The number of nitrogens with zero attached hydrogens (tertiary/aromatic N) is 2. The van der Waals surface area contributed by atoms with Crippen LogP contribution in [-0.4, -0.2) is 61.4 Å². The summed E-state index contributed by atoms with van der Waals surface area (Å²) in [6, 6.07) is 9.48. The molecule has 3 heterocycles. The van der Waals surface area contributed by atoms with Crippen LogP contribution < -0.4 is 9.47 Å². The number of piperidine rings is 1. The second-order valence-corrected chi connectivity index (χ2v) is 10.5. The van der Waals surface area contributed by atoms with Crippen LogP contribution in [0.5, 0.6) is 11.6 Å². The first kappa shape index (κ1) is 28.4. The summed E-state index contributed by atoms with van der Waals surface area (Å²) in [4.78, 5) is 19.3. The van der Waals surface area contributed by atoms with Crippen molar-refractivity contribution in [3.8, 4) is 11.6 Å². The number of alkyl halides is 2. The van der Waals surface area contributed by atoms with Crippen molar-refractivity contribution >= 4 is 5.91 Å². The lowest BCUT2D eigenvalue weighted by Crippen LogP contribution is -2.53. The van der Waals surface area contributed by atoms with Crippen molar-refractivity contribution in [2.24, 2.45) is 17.8 Å². The molecule has 2 saturated heterocycles. The van der Waals surface area contributed by atoms with E-state index in [1.165, 1.54) is 25.3 Å². The molecule has 2 aliphatic heterocycles. The third-order valence-corrected chi connectivity index (χ3v) is 8.22. The number of fused-ring (bicyclic) bond motifs is 2. The Morgan fingerprint density at radius 1 is 1.23 bits per heavy atom. The Labute approximate surface area is 230 Å². The number of halogens is 4. The Hall–Kier alpha value is -3.18. The second kappa shape index (κ2) is 11.4. The molecule has 3 unspecified atom stereocenters. The minimum atomic E-state index is -2.50. The number of pyridine rings is 1. The molecular weight excluding hydrogens is 532 g/mol. The molecule has 1 amide bonds. The summed E-state index contributed by atoms with van der Waals surface area (Å²) in [6.07, 6.45) is 2.77. The monoisotopic (exact) mass is 564 g/mol. The lowest BCUT2D eigenvalue weighted by atomic mass is 9.82. The Balaban J connectivity index is 0.000000758. The molecule has 4 fully saturated rings. The van der Waals surface area contributed by atoms with Gasteiger partial charge in [-0.1, -0.05) is 18.2 Å². The van der Waals surface area contributed by atoms with Crippen LogP contribution in [0.1, 0.15) is 42.2 Å².